The normalized spacial score (nSPS) is 13.0. The number of benzene rings is 3. The molecule has 0 unspecified atom stereocenters. The molecule has 0 fully saturated rings. The van der Waals surface area contributed by atoms with E-state index in [9.17, 15) is 12.8 Å². The number of nitrogens with one attached hydrogen (secondary N) is 1. The van der Waals surface area contributed by atoms with Gasteiger partial charge in [0.25, 0.3) is 0 Å². The standard InChI is InChI=1S/C27H30FNO3S/c1-2-33(30,31)15-7-14-32-24-12-13-25-20(16-24)8-6-9-21-18-27(28)22(17-26(21)25)19-29-23-10-4-3-5-11-23/h3-5,10-13,16-18,29H,2,6-9,14-15,19H2,1H3. The third kappa shape index (κ3) is 5.93. The molecule has 0 bridgehead atoms. The molecule has 0 saturated carbocycles. The number of sulfone groups is 1. The second kappa shape index (κ2) is 10.4. The average Bonchev–Trinajstić information content (AvgIpc) is 2.99. The van der Waals surface area contributed by atoms with Crippen LogP contribution in [0.15, 0.2) is 60.7 Å². The molecule has 3 aromatic rings. The number of hydrogen-bond acceptors (Lipinski definition) is 4. The van der Waals surface area contributed by atoms with E-state index in [4.69, 9.17) is 4.74 Å². The van der Waals surface area contributed by atoms with Gasteiger partial charge < -0.3 is 10.1 Å². The van der Waals surface area contributed by atoms with Crippen LogP contribution in [0.25, 0.3) is 11.1 Å². The van der Waals surface area contributed by atoms with Crippen LogP contribution in [0.3, 0.4) is 0 Å². The molecule has 0 saturated heterocycles. The first-order chi connectivity index (χ1) is 15.9. The number of para-hydroxylation sites is 1. The fourth-order valence-electron chi connectivity index (χ4n) is 4.22. The molecule has 0 aliphatic heterocycles. The first kappa shape index (κ1) is 23.3. The molecule has 6 heteroatoms. The molecule has 0 amide bonds. The minimum atomic E-state index is -2.97. The highest BCUT2D eigenvalue weighted by Crippen LogP contribution is 2.36. The highest BCUT2D eigenvalue weighted by molar-refractivity contribution is 7.91. The number of halogens is 1. The summed E-state index contributed by atoms with van der Waals surface area (Å²) >= 11 is 0. The van der Waals surface area contributed by atoms with Gasteiger partial charge in [-0.05, 0) is 84.3 Å². The number of hydrogen-bond donors (Lipinski definition) is 1. The molecule has 1 aliphatic rings. The Hall–Kier alpha value is -2.86. The molecule has 1 N–H and O–H groups in total. The Morgan fingerprint density at radius 3 is 2.48 bits per heavy atom. The highest BCUT2D eigenvalue weighted by atomic mass is 32.2. The van der Waals surface area contributed by atoms with Gasteiger partial charge in [-0.3, -0.25) is 0 Å². The molecule has 0 atom stereocenters. The Morgan fingerprint density at radius 1 is 0.970 bits per heavy atom. The first-order valence-corrected chi connectivity index (χ1v) is 13.3. The highest BCUT2D eigenvalue weighted by Gasteiger charge is 2.18. The van der Waals surface area contributed by atoms with Crippen molar-refractivity contribution < 1.29 is 17.5 Å². The molecule has 0 spiro atoms. The van der Waals surface area contributed by atoms with E-state index >= 15 is 0 Å². The summed E-state index contributed by atoms with van der Waals surface area (Å²) in [7, 11) is -2.97. The van der Waals surface area contributed by atoms with Crippen molar-refractivity contribution in [3.05, 3.63) is 83.2 Å². The second-order valence-electron chi connectivity index (χ2n) is 8.43. The predicted octanol–water partition coefficient (Wildman–Crippen LogP) is 5.80. The Balaban J connectivity index is 1.51. The van der Waals surface area contributed by atoms with E-state index in [1.54, 1.807) is 13.0 Å². The molecule has 0 aromatic heterocycles. The summed E-state index contributed by atoms with van der Waals surface area (Å²) in [6.07, 6.45) is 3.15. The molecular formula is C27H30FNO3S. The zero-order valence-electron chi connectivity index (χ0n) is 18.9. The van der Waals surface area contributed by atoms with E-state index in [-0.39, 0.29) is 17.3 Å². The summed E-state index contributed by atoms with van der Waals surface area (Å²) in [5, 5.41) is 3.30. The maximum Gasteiger partial charge on any atom is 0.150 e. The molecule has 0 heterocycles. The number of rotatable bonds is 9. The first-order valence-electron chi connectivity index (χ1n) is 11.5. The number of fused-ring (bicyclic) bond motifs is 3. The van der Waals surface area contributed by atoms with Gasteiger partial charge in [0.05, 0.1) is 12.4 Å². The van der Waals surface area contributed by atoms with Crippen molar-refractivity contribution in [1.82, 2.24) is 0 Å². The molecule has 174 valence electrons. The largest absolute Gasteiger partial charge is 0.494 e. The molecule has 4 rings (SSSR count). The van der Waals surface area contributed by atoms with Crippen molar-refractivity contribution in [3.63, 3.8) is 0 Å². The summed E-state index contributed by atoms with van der Waals surface area (Å²) in [5.74, 6) is 0.879. The van der Waals surface area contributed by atoms with Gasteiger partial charge in [0, 0.05) is 23.5 Å². The Bertz CT molecular complexity index is 1210. The SMILES string of the molecule is CCS(=O)(=O)CCCOc1ccc2c(c1)CCCc1cc(F)c(CNc3ccccc3)cc1-2. The predicted molar refractivity (Wildman–Crippen MR) is 132 cm³/mol. The van der Waals surface area contributed by atoms with Gasteiger partial charge in [-0.2, -0.15) is 0 Å². The number of anilines is 1. The van der Waals surface area contributed by atoms with Gasteiger partial charge in [-0.1, -0.05) is 31.2 Å². The van der Waals surface area contributed by atoms with Crippen molar-refractivity contribution in [1.29, 1.82) is 0 Å². The number of aryl methyl sites for hydroxylation is 2. The van der Waals surface area contributed by atoms with Crippen molar-refractivity contribution >= 4 is 15.5 Å². The van der Waals surface area contributed by atoms with Crippen LogP contribution in [0.1, 0.15) is 36.5 Å². The Morgan fingerprint density at radius 2 is 1.73 bits per heavy atom. The second-order valence-corrected chi connectivity index (χ2v) is 10.9. The van der Waals surface area contributed by atoms with Gasteiger partial charge in [-0.25, -0.2) is 12.8 Å². The van der Waals surface area contributed by atoms with Gasteiger partial charge in [0.15, 0.2) is 0 Å². The molecule has 3 aromatic carbocycles. The van der Waals surface area contributed by atoms with Crippen LogP contribution in [-0.4, -0.2) is 26.5 Å². The van der Waals surface area contributed by atoms with Crippen molar-refractivity contribution in [3.8, 4) is 16.9 Å². The smallest absolute Gasteiger partial charge is 0.150 e. The van der Waals surface area contributed by atoms with Gasteiger partial charge >= 0.3 is 0 Å². The quantitative estimate of drug-likeness (QED) is 0.404. The average molecular weight is 468 g/mol. The summed E-state index contributed by atoms with van der Waals surface area (Å²) in [6.45, 7) is 2.45. The molecular weight excluding hydrogens is 437 g/mol. The van der Waals surface area contributed by atoms with E-state index in [2.05, 4.69) is 5.32 Å². The van der Waals surface area contributed by atoms with E-state index < -0.39 is 9.84 Å². The van der Waals surface area contributed by atoms with Gasteiger partial charge in [0.2, 0.25) is 0 Å². The zero-order valence-corrected chi connectivity index (χ0v) is 19.8. The minimum absolute atomic E-state index is 0.146. The zero-order chi connectivity index (χ0) is 23.3. The monoisotopic (exact) mass is 467 g/mol. The maximum absolute atomic E-state index is 14.8. The van der Waals surface area contributed by atoms with Crippen LogP contribution in [0.5, 0.6) is 5.75 Å². The molecule has 4 nitrogen and oxygen atoms in total. The topological polar surface area (TPSA) is 55.4 Å². The maximum atomic E-state index is 14.8. The lowest BCUT2D eigenvalue weighted by Gasteiger charge is -2.15. The molecule has 0 radical (unpaired) electrons. The lowest BCUT2D eigenvalue weighted by Crippen LogP contribution is -2.11. The molecule has 1 aliphatic carbocycles. The van der Waals surface area contributed by atoms with Gasteiger partial charge in [0.1, 0.15) is 21.4 Å². The van der Waals surface area contributed by atoms with E-state index in [1.165, 1.54) is 5.56 Å². The third-order valence-corrected chi connectivity index (χ3v) is 7.89. The minimum Gasteiger partial charge on any atom is -0.494 e. The van der Waals surface area contributed by atoms with Crippen LogP contribution < -0.4 is 10.1 Å². The van der Waals surface area contributed by atoms with Gasteiger partial charge in [-0.15, -0.1) is 0 Å². The fraction of sp³-hybridized carbons (Fsp3) is 0.333. The third-order valence-electron chi connectivity index (χ3n) is 6.10. The van der Waals surface area contributed by atoms with Crippen LogP contribution >= 0.6 is 0 Å². The lowest BCUT2D eigenvalue weighted by atomic mass is 9.94. The van der Waals surface area contributed by atoms with Crippen molar-refractivity contribution in [2.24, 2.45) is 0 Å². The van der Waals surface area contributed by atoms with Crippen LogP contribution in [0.2, 0.25) is 0 Å². The van der Waals surface area contributed by atoms with Crippen LogP contribution in [-0.2, 0) is 29.2 Å². The summed E-state index contributed by atoms with van der Waals surface area (Å²) in [4.78, 5) is 0. The summed E-state index contributed by atoms with van der Waals surface area (Å²) < 4.78 is 44.0. The van der Waals surface area contributed by atoms with E-state index in [1.807, 2.05) is 54.6 Å². The van der Waals surface area contributed by atoms with E-state index in [0.29, 0.717) is 25.1 Å². The fourth-order valence-corrected chi connectivity index (χ4v) is 5.06. The Labute approximate surface area is 195 Å². The van der Waals surface area contributed by atoms with Crippen molar-refractivity contribution in [2.45, 2.75) is 39.2 Å². The number of ether oxygens (including phenoxy) is 1. The molecule has 33 heavy (non-hydrogen) atoms. The Kier molecular flexibility index (Phi) is 7.33. The van der Waals surface area contributed by atoms with E-state index in [0.717, 1.165) is 47.4 Å². The summed E-state index contributed by atoms with van der Waals surface area (Å²) in [5.41, 5.74) is 6.01. The van der Waals surface area contributed by atoms with Crippen LogP contribution in [0.4, 0.5) is 10.1 Å². The van der Waals surface area contributed by atoms with Crippen molar-refractivity contribution in [2.75, 3.05) is 23.4 Å². The summed E-state index contributed by atoms with van der Waals surface area (Å²) in [6, 6.07) is 19.5. The van der Waals surface area contributed by atoms with Crippen LogP contribution in [0, 0.1) is 5.82 Å². The lowest BCUT2D eigenvalue weighted by molar-refractivity contribution is 0.317.